The van der Waals surface area contributed by atoms with Crippen LogP contribution in [0.15, 0.2) is 0 Å². The molecular weight excluding hydrogens is 248 g/mol. The Bertz CT molecular complexity index is 352. The fourth-order valence-electron chi connectivity index (χ4n) is 2.63. The predicted molar refractivity (Wildman–Crippen MR) is 74.1 cm³/mol. The molecule has 2 fully saturated rings. The third-order valence-corrected chi connectivity index (χ3v) is 6.00. The normalized spacial score (nSPS) is 27.1. The Morgan fingerprint density at radius 3 is 2.67 bits per heavy atom. The Balaban J connectivity index is 1.79. The molecule has 1 aliphatic carbocycles. The highest BCUT2D eigenvalue weighted by molar-refractivity contribution is 7.89. The average Bonchev–Trinajstić information content (AvgIpc) is 3.12. The SMILES string of the molecule is CC1CCCCCN1S(=O)(=O)CCCNC1CC1. The van der Waals surface area contributed by atoms with Crippen LogP contribution in [0.25, 0.3) is 0 Å². The van der Waals surface area contributed by atoms with Gasteiger partial charge >= 0.3 is 0 Å². The zero-order valence-electron chi connectivity index (χ0n) is 11.4. The van der Waals surface area contributed by atoms with Gasteiger partial charge in [0.25, 0.3) is 0 Å². The Kier molecular flexibility index (Phi) is 5.04. The predicted octanol–water partition coefficient (Wildman–Crippen LogP) is 1.72. The molecule has 1 heterocycles. The van der Waals surface area contributed by atoms with Gasteiger partial charge in [-0.25, -0.2) is 8.42 Å². The zero-order valence-corrected chi connectivity index (χ0v) is 12.2. The first-order chi connectivity index (χ1) is 8.59. The van der Waals surface area contributed by atoms with E-state index in [1.807, 2.05) is 6.92 Å². The number of rotatable bonds is 6. The number of hydrogen-bond acceptors (Lipinski definition) is 3. The zero-order chi connectivity index (χ0) is 13.0. The second kappa shape index (κ2) is 6.35. The van der Waals surface area contributed by atoms with E-state index >= 15 is 0 Å². The van der Waals surface area contributed by atoms with Crippen LogP contribution in [0.3, 0.4) is 0 Å². The molecular formula is C13H26N2O2S. The van der Waals surface area contributed by atoms with E-state index in [0.717, 1.165) is 38.8 Å². The first kappa shape index (κ1) is 14.3. The van der Waals surface area contributed by atoms with E-state index in [2.05, 4.69) is 5.32 Å². The van der Waals surface area contributed by atoms with Crippen LogP contribution in [0.4, 0.5) is 0 Å². The minimum absolute atomic E-state index is 0.189. The van der Waals surface area contributed by atoms with E-state index in [-0.39, 0.29) is 6.04 Å². The summed E-state index contributed by atoms with van der Waals surface area (Å²) in [5, 5.41) is 3.37. The number of nitrogens with zero attached hydrogens (tertiary/aromatic N) is 1. The molecule has 106 valence electrons. The topological polar surface area (TPSA) is 49.4 Å². The van der Waals surface area contributed by atoms with Crippen LogP contribution in [0, 0.1) is 0 Å². The van der Waals surface area contributed by atoms with Crippen LogP contribution in [0.1, 0.15) is 51.9 Å². The van der Waals surface area contributed by atoms with Crippen LogP contribution < -0.4 is 5.32 Å². The molecule has 1 N–H and O–H groups in total. The first-order valence-electron chi connectivity index (χ1n) is 7.32. The summed E-state index contributed by atoms with van der Waals surface area (Å²) in [7, 11) is -3.04. The summed E-state index contributed by atoms with van der Waals surface area (Å²) >= 11 is 0. The highest BCUT2D eigenvalue weighted by atomic mass is 32.2. The van der Waals surface area contributed by atoms with Crippen molar-refractivity contribution in [2.24, 2.45) is 0 Å². The van der Waals surface area contributed by atoms with Crippen molar-refractivity contribution in [3.8, 4) is 0 Å². The largest absolute Gasteiger partial charge is 0.314 e. The van der Waals surface area contributed by atoms with Gasteiger partial charge in [-0.05, 0) is 45.6 Å². The van der Waals surface area contributed by atoms with Crippen molar-refractivity contribution in [3.63, 3.8) is 0 Å². The molecule has 1 saturated heterocycles. The van der Waals surface area contributed by atoms with Crippen LogP contribution in [0.5, 0.6) is 0 Å². The molecule has 1 aliphatic heterocycles. The maximum absolute atomic E-state index is 12.3. The lowest BCUT2D eigenvalue weighted by Crippen LogP contribution is -2.40. The molecule has 0 spiro atoms. The maximum Gasteiger partial charge on any atom is 0.214 e. The van der Waals surface area contributed by atoms with Gasteiger partial charge in [-0.15, -0.1) is 0 Å². The number of sulfonamides is 1. The van der Waals surface area contributed by atoms with Gasteiger partial charge in [0.15, 0.2) is 0 Å². The molecule has 0 radical (unpaired) electrons. The third-order valence-electron chi connectivity index (χ3n) is 3.94. The van der Waals surface area contributed by atoms with Gasteiger partial charge in [0, 0.05) is 18.6 Å². The summed E-state index contributed by atoms with van der Waals surface area (Å²) in [6, 6.07) is 0.860. The van der Waals surface area contributed by atoms with Crippen molar-refractivity contribution in [1.29, 1.82) is 0 Å². The van der Waals surface area contributed by atoms with Crippen molar-refractivity contribution in [1.82, 2.24) is 9.62 Å². The molecule has 4 nitrogen and oxygen atoms in total. The number of hydrogen-bond donors (Lipinski definition) is 1. The summed E-state index contributed by atoms with van der Waals surface area (Å²) in [6.45, 7) is 3.61. The quantitative estimate of drug-likeness (QED) is 0.750. The van der Waals surface area contributed by atoms with E-state index in [1.54, 1.807) is 4.31 Å². The van der Waals surface area contributed by atoms with Crippen LogP contribution in [0.2, 0.25) is 0 Å². The number of nitrogens with one attached hydrogen (secondary N) is 1. The van der Waals surface area contributed by atoms with Gasteiger partial charge in [0.1, 0.15) is 0 Å². The van der Waals surface area contributed by atoms with E-state index in [1.165, 1.54) is 19.3 Å². The molecule has 1 unspecified atom stereocenters. The summed E-state index contributed by atoms with van der Waals surface area (Å²) in [4.78, 5) is 0. The molecule has 2 aliphatic rings. The summed E-state index contributed by atoms with van der Waals surface area (Å²) < 4.78 is 26.4. The smallest absolute Gasteiger partial charge is 0.214 e. The lowest BCUT2D eigenvalue weighted by molar-refractivity contribution is 0.341. The lowest BCUT2D eigenvalue weighted by Gasteiger charge is -2.26. The molecule has 5 heteroatoms. The van der Waals surface area contributed by atoms with Crippen molar-refractivity contribution < 1.29 is 8.42 Å². The van der Waals surface area contributed by atoms with Crippen molar-refractivity contribution >= 4 is 10.0 Å². The van der Waals surface area contributed by atoms with Gasteiger partial charge < -0.3 is 5.32 Å². The van der Waals surface area contributed by atoms with E-state index in [4.69, 9.17) is 0 Å². The fourth-order valence-corrected chi connectivity index (χ4v) is 4.43. The van der Waals surface area contributed by atoms with Crippen molar-refractivity contribution in [3.05, 3.63) is 0 Å². The van der Waals surface area contributed by atoms with Crippen LogP contribution in [-0.4, -0.2) is 43.6 Å². The first-order valence-corrected chi connectivity index (χ1v) is 8.93. The van der Waals surface area contributed by atoms with Gasteiger partial charge in [-0.3, -0.25) is 0 Å². The molecule has 18 heavy (non-hydrogen) atoms. The van der Waals surface area contributed by atoms with Gasteiger partial charge in [-0.1, -0.05) is 12.8 Å². The minimum atomic E-state index is -3.04. The monoisotopic (exact) mass is 274 g/mol. The highest BCUT2D eigenvalue weighted by Crippen LogP contribution is 2.21. The second-order valence-electron chi connectivity index (χ2n) is 5.71. The highest BCUT2D eigenvalue weighted by Gasteiger charge is 2.28. The molecule has 1 atom stereocenters. The maximum atomic E-state index is 12.3. The molecule has 0 amide bonds. The molecule has 0 bridgehead atoms. The van der Waals surface area contributed by atoms with Crippen molar-refractivity contribution in [2.75, 3.05) is 18.8 Å². The lowest BCUT2D eigenvalue weighted by atomic mass is 10.1. The van der Waals surface area contributed by atoms with E-state index in [0.29, 0.717) is 11.8 Å². The van der Waals surface area contributed by atoms with E-state index in [9.17, 15) is 8.42 Å². The molecule has 0 aromatic heterocycles. The molecule has 1 saturated carbocycles. The second-order valence-corrected chi connectivity index (χ2v) is 7.75. The minimum Gasteiger partial charge on any atom is -0.314 e. The van der Waals surface area contributed by atoms with Gasteiger partial charge in [-0.2, -0.15) is 4.31 Å². The Morgan fingerprint density at radius 1 is 1.17 bits per heavy atom. The summed E-state index contributed by atoms with van der Waals surface area (Å²) in [5.41, 5.74) is 0. The molecule has 0 aromatic carbocycles. The average molecular weight is 274 g/mol. The van der Waals surface area contributed by atoms with Crippen LogP contribution in [-0.2, 0) is 10.0 Å². The summed E-state index contributed by atoms with van der Waals surface area (Å²) in [6.07, 6.45) is 7.62. The van der Waals surface area contributed by atoms with Crippen molar-refractivity contribution in [2.45, 2.75) is 64.0 Å². The molecule has 2 rings (SSSR count). The standard InChI is InChI=1S/C13H26N2O2S/c1-12-6-3-2-4-10-15(12)18(16,17)11-5-9-14-13-7-8-13/h12-14H,2-11H2,1H3. The summed E-state index contributed by atoms with van der Waals surface area (Å²) in [5.74, 6) is 0.303. The Labute approximate surface area is 111 Å². The van der Waals surface area contributed by atoms with Gasteiger partial charge in [0.05, 0.1) is 5.75 Å². The fraction of sp³-hybridized carbons (Fsp3) is 1.00. The van der Waals surface area contributed by atoms with Crippen LogP contribution >= 0.6 is 0 Å². The third kappa shape index (κ3) is 4.21. The Morgan fingerprint density at radius 2 is 1.94 bits per heavy atom. The Hall–Kier alpha value is -0.130. The van der Waals surface area contributed by atoms with E-state index < -0.39 is 10.0 Å². The molecule has 0 aromatic rings. The van der Waals surface area contributed by atoms with Gasteiger partial charge in [0.2, 0.25) is 10.0 Å².